The fourth-order valence-corrected chi connectivity index (χ4v) is 4.08. The van der Waals surface area contributed by atoms with Crippen molar-refractivity contribution in [2.75, 3.05) is 31.1 Å². The van der Waals surface area contributed by atoms with Crippen LogP contribution >= 0.6 is 0 Å². The number of hydrogen-bond donors (Lipinski definition) is 0. The minimum Gasteiger partial charge on any atom is -0.482 e. The van der Waals surface area contributed by atoms with Gasteiger partial charge in [0.05, 0.1) is 5.56 Å². The first-order chi connectivity index (χ1) is 14.2. The molecule has 2 aliphatic heterocycles. The Morgan fingerprint density at radius 3 is 2.55 bits per heavy atom. The number of carbonyl (C=O) groups excluding carboxylic acids is 2. The quantitative estimate of drug-likeness (QED) is 0.806. The topological polar surface area (TPSA) is 73.6 Å². The first-order valence-electron chi connectivity index (χ1n) is 9.96. The minimum absolute atomic E-state index is 0.0505. The van der Waals surface area contributed by atoms with E-state index in [1.54, 1.807) is 29.2 Å². The van der Waals surface area contributed by atoms with E-state index in [9.17, 15) is 9.59 Å². The van der Waals surface area contributed by atoms with Crippen molar-refractivity contribution >= 4 is 17.5 Å². The van der Waals surface area contributed by atoms with Crippen LogP contribution < -0.4 is 9.64 Å². The molecule has 6 nitrogen and oxygen atoms in total. The van der Waals surface area contributed by atoms with Crippen LogP contribution in [0.15, 0.2) is 48.5 Å². The van der Waals surface area contributed by atoms with Crippen molar-refractivity contribution < 1.29 is 14.3 Å². The highest BCUT2D eigenvalue weighted by Gasteiger charge is 2.33. The van der Waals surface area contributed by atoms with Gasteiger partial charge in [-0.1, -0.05) is 30.3 Å². The van der Waals surface area contributed by atoms with E-state index < -0.39 is 0 Å². The molecule has 2 aliphatic rings. The van der Waals surface area contributed by atoms with Gasteiger partial charge < -0.3 is 14.5 Å². The van der Waals surface area contributed by atoms with Gasteiger partial charge in [-0.05, 0) is 43.0 Å². The molecule has 1 fully saturated rings. The molecule has 6 heteroatoms. The van der Waals surface area contributed by atoms with Crippen molar-refractivity contribution in [3.8, 4) is 11.8 Å². The number of ether oxygens (including phenoxy) is 1. The molecule has 1 saturated heterocycles. The Kier molecular flexibility index (Phi) is 5.48. The molecule has 0 spiro atoms. The third-order valence-corrected chi connectivity index (χ3v) is 5.71. The summed E-state index contributed by atoms with van der Waals surface area (Å²) in [6.45, 7) is 1.74. The van der Waals surface area contributed by atoms with Gasteiger partial charge in [-0.2, -0.15) is 5.26 Å². The molecule has 29 heavy (non-hydrogen) atoms. The van der Waals surface area contributed by atoms with Crippen LogP contribution in [0.1, 0.15) is 24.0 Å². The summed E-state index contributed by atoms with van der Waals surface area (Å²) in [5.74, 6) is 0.419. The number of likely N-dealkylation sites (tertiary alicyclic amines) is 1. The van der Waals surface area contributed by atoms with Crippen molar-refractivity contribution in [2.24, 2.45) is 5.92 Å². The highest BCUT2D eigenvalue weighted by Crippen LogP contribution is 2.31. The van der Waals surface area contributed by atoms with Gasteiger partial charge in [0.15, 0.2) is 6.61 Å². The number of nitrogens with zero attached hydrogens (tertiary/aromatic N) is 3. The van der Waals surface area contributed by atoms with Crippen LogP contribution in [0.25, 0.3) is 0 Å². The van der Waals surface area contributed by atoms with E-state index in [1.165, 1.54) is 5.56 Å². The number of rotatable bonds is 4. The van der Waals surface area contributed by atoms with Crippen molar-refractivity contribution in [3.05, 3.63) is 59.7 Å². The number of benzene rings is 2. The molecule has 0 radical (unpaired) electrons. The van der Waals surface area contributed by atoms with E-state index >= 15 is 0 Å². The first-order valence-corrected chi connectivity index (χ1v) is 9.96. The molecule has 0 bridgehead atoms. The van der Waals surface area contributed by atoms with Gasteiger partial charge in [0.2, 0.25) is 5.91 Å². The minimum atomic E-state index is -0.116. The smallest absolute Gasteiger partial charge is 0.260 e. The lowest BCUT2D eigenvalue weighted by Crippen LogP contribution is -2.45. The summed E-state index contributed by atoms with van der Waals surface area (Å²) >= 11 is 0. The van der Waals surface area contributed by atoms with Crippen molar-refractivity contribution in [2.45, 2.75) is 19.3 Å². The van der Waals surface area contributed by atoms with Crippen LogP contribution in [0.2, 0.25) is 0 Å². The maximum Gasteiger partial charge on any atom is 0.260 e. The average molecular weight is 389 g/mol. The summed E-state index contributed by atoms with van der Waals surface area (Å²) < 4.78 is 5.55. The van der Waals surface area contributed by atoms with E-state index in [0.29, 0.717) is 37.2 Å². The van der Waals surface area contributed by atoms with Gasteiger partial charge in [0, 0.05) is 31.2 Å². The number of amides is 2. The number of para-hydroxylation sites is 2. The van der Waals surface area contributed by atoms with Gasteiger partial charge in [-0.25, -0.2) is 0 Å². The second kappa shape index (κ2) is 8.36. The lowest BCUT2D eigenvalue weighted by Gasteiger charge is -2.33. The maximum absolute atomic E-state index is 13.0. The summed E-state index contributed by atoms with van der Waals surface area (Å²) in [6.07, 6.45) is 2.23. The maximum atomic E-state index is 13.0. The van der Waals surface area contributed by atoms with Gasteiger partial charge in [-0.3, -0.25) is 9.59 Å². The Balaban J connectivity index is 1.30. The van der Waals surface area contributed by atoms with Crippen molar-refractivity contribution in [1.29, 1.82) is 5.26 Å². The van der Waals surface area contributed by atoms with E-state index in [-0.39, 0.29) is 24.3 Å². The van der Waals surface area contributed by atoms with E-state index in [2.05, 4.69) is 12.1 Å². The average Bonchev–Trinajstić information content (AvgIpc) is 3.21. The molecule has 4 rings (SSSR count). The SMILES string of the molecule is N#Cc1ccccc1OCC(=O)N1CCC(C(=O)N2CCc3ccccc32)CC1. The standard InChI is InChI=1S/C23H23N3O3/c24-15-19-6-2-4-8-21(19)29-16-22(27)25-12-9-18(10-13-25)23(28)26-14-11-17-5-1-3-7-20(17)26/h1-8,18H,9-14,16H2. The summed E-state index contributed by atoms with van der Waals surface area (Å²) in [5.41, 5.74) is 2.67. The summed E-state index contributed by atoms with van der Waals surface area (Å²) in [7, 11) is 0. The lowest BCUT2D eigenvalue weighted by atomic mass is 9.95. The molecule has 0 atom stereocenters. The summed E-state index contributed by atoms with van der Waals surface area (Å²) in [4.78, 5) is 29.1. The Bertz CT molecular complexity index is 958. The predicted molar refractivity (Wildman–Crippen MR) is 108 cm³/mol. The molecule has 0 saturated carbocycles. The molecule has 2 aromatic carbocycles. The highest BCUT2D eigenvalue weighted by molar-refractivity contribution is 5.97. The number of hydrogen-bond acceptors (Lipinski definition) is 4. The number of anilines is 1. The Labute approximate surface area is 170 Å². The molecule has 0 aliphatic carbocycles. The van der Waals surface area contributed by atoms with Gasteiger partial charge in [-0.15, -0.1) is 0 Å². The van der Waals surface area contributed by atoms with Crippen LogP contribution in [0.5, 0.6) is 5.75 Å². The normalized spacial score (nSPS) is 16.2. The molecule has 2 amide bonds. The third kappa shape index (κ3) is 3.95. The fraction of sp³-hybridized carbons (Fsp3) is 0.348. The Morgan fingerprint density at radius 1 is 1.03 bits per heavy atom. The van der Waals surface area contributed by atoms with E-state index in [1.807, 2.05) is 23.1 Å². The van der Waals surface area contributed by atoms with Crippen LogP contribution in [-0.2, 0) is 16.0 Å². The fourth-order valence-electron chi connectivity index (χ4n) is 4.08. The zero-order valence-corrected chi connectivity index (χ0v) is 16.2. The summed E-state index contributed by atoms with van der Waals surface area (Å²) in [6, 6.07) is 17.0. The second-order valence-electron chi connectivity index (χ2n) is 7.42. The van der Waals surface area contributed by atoms with E-state index in [4.69, 9.17) is 10.00 Å². The van der Waals surface area contributed by atoms with E-state index in [0.717, 1.165) is 18.7 Å². The van der Waals surface area contributed by atoms with Crippen LogP contribution in [0.3, 0.4) is 0 Å². The molecule has 0 unspecified atom stereocenters. The largest absolute Gasteiger partial charge is 0.482 e. The Hall–Kier alpha value is -3.33. The molecule has 2 heterocycles. The molecule has 0 aromatic heterocycles. The van der Waals surface area contributed by atoms with Gasteiger partial charge in [0.1, 0.15) is 11.8 Å². The second-order valence-corrected chi connectivity index (χ2v) is 7.42. The zero-order valence-electron chi connectivity index (χ0n) is 16.2. The van der Waals surface area contributed by atoms with Gasteiger partial charge in [0.25, 0.3) is 5.91 Å². The molecule has 2 aromatic rings. The van der Waals surface area contributed by atoms with Crippen LogP contribution in [-0.4, -0.2) is 43.0 Å². The van der Waals surface area contributed by atoms with Crippen molar-refractivity contribution in [3.63, 3.8) is 0 Å². The Morgan fingerprint density at radius 2 is 1.76 bits per heavy atom. The highest BCUT2D eigenvalue weighted by atomic mass is 16.5. The third-order valence-electron chi connectivity index (χ3n) is 5.71. The number of fused-ring (bicyclic) bond motifs is 1. The summed E-state index contributed by atoms with van der Waals surface area (Å²) in [5, 5.41) is 9.10. The molecular formula is C23H23N3O3. The monoisotopic (exact) mass is 389 g/mol. The predicted octanol–water partition coefficient (Wildman–Crippen LogP) is 2.76. The molecular weight excluding hydrogens is 366 g/mol. The van der Waals surface area contributed by atoms with Crippen LogP contribution in [0, 0.1) is 17.2 Å². The lowest BCUT2D eigenvalue weighted by molar-refractivity contribution is -0.136. The zero-order chi connectivity index (χ0) is 20.2. The first kappa shape index (κ1) is 19.0. The van der Waals surface area contributed by atoms with Gasteiger partial charge >= 0.3 is 0 Å². The molecule has 0 N–H and O–H groups in total. The number of piperidine rings is 1. The number of carbonyl (C=O) groups is 2. The van der Waals surface area contributed by atoms with Crippen LogP contribution in [0.4, 0.5) is 5.69 Å². The number of nitriles is 1. The van der Waals surface area contributed by atoms with Crippen molar-refractivity contribution in [1.82, 2.24) is 4.90 Å². The molecule has 148 valence electrons.